The number of allylic oxidation sites excluding steroid dienone is 1. The summed E-state index contributed by atoms with van der Waals surface area (Å²) >= 11 is 0. The molecule has 5 saturated carbocycles. The zero-order valence-electron chi connectivity index (χ0n) is 38.7. The minimum atomic E-state index is -0.838. The van der Waals surface area contributed by atoms with Crippen molar-refractivity contribution in [2.75, 3.05) is 13.1 Å². The van der Waals surface area contributed by atoms with E-state index in [4.69, 9.17) is 4.74 Å². The Morgan fingerprint density at radius 1 is 0.900 bits per heavy atom. The summed E-state index contributed by atoms with van der Waals surface area (Å²) in [6.45, 7) is 26.9. The Balaban J connectivity index is 1.08. The van der Waals surface area contributed by atoms with Crippen molar-refractivity contribution in [3.05, 3.63) is 40.7 Å². The molecule has 11 atom stereocenters. The Morgan fingerprint density at radius 2 is 1.60 bits per heavy atom. The van der Waals surface area contributed by atoms with E-state index in [0.29, 0.717) is 43.5 Å². The predicted molar refractivity (Wildman–Crippen MR) is 232 cm³/mol. The number of hydrogen-bond donors (Lipinski definition) is 4. The smallest absolute Gasteiger partial charge is 0.309 e. The number of carbonyl (C=O) groups excluding carboxylic acids is 3. The van der Waals surface area contributed by atoms with Gasteiger partial charge >= 0.3 is 11.9 Å². The Morgan fingerprint density at radius 3 is 2.22 bits per heavy atom. The first kappa shape index (κ1) is 44.9. The summed E-state index contributed by atoms with van der Waals surface area (Å²) < 4.78 is 6.43. The highest BCUT2D eigenvalue weighted by atomic mass is 16.5. The summed E-state index contributed by atoms with van der Waals surface area (Å²) in [6, 6.07) is 3.61. The third kappa shape index (κ3) is 6.82. The zero-order chi connectivity index (χ0) is 44.2. The Bertz CT molecular complexity index is 1930. The lowest BCUT2D eigenvalue weighted by Gasteiger charge is -2.72. The van der Waals surface area contributed by atoms with Crippen molar-refractivity contribution >= 4 is 23.6 Å². The first-order valence-electron chi connectivity index (χ1n) is 23.1. The number of aliphatic carboxylic acids is 1. The molecule has 0 aromatic carbocycles. The Kier molecular flexibility index (Phi) is 11.2. The van der Waals surface area contributed by atoms with E-state index in [0.717, 1.165) is 62.5 Å². The molecule has 1 amide bonds. The van der Waals surface area contributed by atoms with Crippen molar-refractivity contribution < 1.29 is 34.1 Å². The number of aliphatic hydroxyl groups is 1. The molecule has 5 fully saturated rings. The quantitative estimate of drug-likeness (QED) is 0.161. The van der Waals surface area contributed by atoms with Gasteiger partial charge in [-0.25, -0.2) is 0 Å². The molecular weight excluding hydrogens is 755 g/mol. The van der Waals surface area contributed by atoms with Crippen LogP contribution in [0.5, 0.6) is 0 Å². The fourth-order valence-corrected chi connectivity index (χ4v) is 15.0. The van der Waals surface area contributed by atoms with Gasteiger partial charge in [0.05, 0.1) is 17.9 Å². The second-order valence-corrected chi connectivity index (χ2v) is 23.3. The summed E-state index contributed by atoms with van der Waals surface area (Å²) in [6.07, 6.45) is 9.10. The molecule has 1 heterocycles. The Hall–Kier alpha value is -3.11. The van der Waals surface area contributed by atoms with Crippen LogP contribution in [0.4, 0.5) is 0 Å². The number of aryl methyl sites for hydroxylation is 1. The minimum Gasteiger partial charge on any atom is -0.481 e. The van der Waals surface area contributed by atoms with E-state index in [2.05, 4.69) is 64.1 Å². The van der Waals surface area contributed by atoms with Crippen molar-refractivity contribution in [1.29, 1.82) is 0 Å². The molecule has 332 valence electrons. The fourth-order valence-electron chi connectivity index (χ4n) is 15.0. The molecule has 60 heavy (non-hydrogen) atoms. The number of ketones is 1. The molecule has 0 radical (unpaired) electrons. The first-order chi connectivity index (χ1) is 27.8. The molecule has 6 aliphatic rings. The highest BCUT2D eigenvalue weighted by Crippen LogP contribution is 2.77. The van der Waals surface area contributed by atoms with E-state index < -0.39 is 40.3 Å². The second kappa shape index (κ2) is 15.0. The number of Topliss-reactive ketones (excluding diaryl/α,β-unsaturated/α-hetero) is 1. The summed E-state index contributed by atoms with van der Waals surface area (Å²) in [5, 5.41) is 28.6. The molecule has 1 aromatic rings. The van der Waals surface area contributed by atoms with Gasteiger partial charge in [-0.2, -0.15) is 0 Å². The zero-order valence-corrected chi connectivity index (χ0v) is 38.7. The van der Waals surface area contributed by atoms with Gasteiger partial charge in [-0.15, -0.1) is 0 Å². The van der Waals surface area contributed by atoms with Crippen LogP contribution in [0.2, 0.25) is 0 Å². The maximum absolute atomic E-state index is 14.2. The van der Waals surface area contributed by atoms with Gasteiger partial charge in [0.1, 0.15) is 11.8 Å². The molecule has 6 aliphatic carbocycles. The number of esters is 1. The number of fused-ring (bicyclic) bond motifs is 7. The number of carbonyl (C=O) groups is 4. The van der Waals surface area contributed by atoms with Crippen LogP contribution in [0, 0.1) is 74.9 Å². The van der Waals surface area contributed by atoms with Crippen molar-refractivity contribution in [2.24, 2.45) is 68.0 Å². The number of hydrogen-bond acceptors (Lipinski definition) is 8. The van der Waals surface area contributed by atoms with Gasteiger partial charge in [0.15, 0.2) is 5.78 Å². The molecule has 0 unspecified atom stereocenters. The number of nitrogens with one attached hydrogen (secondary N) is 2. The van der Waals surface area contributed by atoms with Crippen LogP contribution < -0.4 is 10.6 Å². The fraction of sp³-hybridized carbons (Fsp3) is 0.780. The summed E-state index contributed by atoms with van der Waals surface area (Å²) in [7, 11) is 0. The lowest BCUT2D eigenvalue weighted by Crippen LogP contribution is -2.66. The third-order valence-corrected chi connectivity index (χ3v) is 18.7. The summed E-state index contributed by atoms with van der Waals surface area (Å²) in [5.74, 6) is -0.921. The van der Waals surface area contributed by atoms with Crippen molar-refractivity contribution in [1.82, 2.24) is 15.6 Å². The van der Waals surface area contributed by atoms with Gasteiger partial charge < -0.3 is 25.6 Å². The molecule has 0 saturated heterocycles. The average molecular weight is 830 g/mol. The normalized spacial score (nSPS) is 38.5. The molecule has 0 bridgehead atoms. The summed E-state index contributed by atoms with van der Waals surface area (Å²) in [5.41, 5.74) is 1.51. The number of amides is 1. The first-order valence-corrected chi connectivity index (χ1v) is 23.1. The molecule has 7 rings (SSSR count). The summed E-state index contributed by atoms with van der Waals surface area (Å²) in [4.78, 5) is 57.0. The van der Waals surface area contributed by atoms with Crippen molar-refractivity contribution in [3.8, 4) is 0 Å². The van der Waals surface area contributed by atoms with Crippen LogP contribution in [0.3, 0.4) is 0 Å². The standard InChI is InChI=1S/C50H75N3O7/c1-28(2)39-34(54)24-50(37(55)26-51-27-44(4,5)53-41(56)33-15-13-29(3)25-52-33)22-21-48(11)30(40(39)50)14-16-36-47(10)19-18-38(46(8,9)35(47)17-20-49(36,48)12)60-43(59)32-23-31(42(57)58)45(32,6)7/h13,15,25,28,30-32,35-38,51,55H,14,16-24,26-27H2,1-12H3,(H,53,56)(H,57,58)/t30-,31+,32-,35+,36-,37+,38+,47+,48-,49-,50+/m1/s1. The average Bonchev–Trinajstić information content (AvgIpc) is 3.45. The van der Waals surface area contributed by atoms with Gasteiger partial charge in [-0.05, 0) is 141 Å². The number of carboxylic acids is 1. The molecule has 0 aliphatic heterocycles. The monoisotopic (exact) mass is 830 g/mol. The number of aromatic nitrogens is 1. The van der Waals surface area contributed by atoms with Crippen LogP contribution >= 0.6 is 0 Å². The van der Waals surface area contributed by atoms with Gasteiger partial charge in [0.2, 0.25) is 0 Å². The molecule has 10 heteroatoms. The van der Waals surface area contributed by atoms with Gasteiger partial charge in [0, 0.05) is 42.1 Å². The Labute approximate surface area is 359 Å². The van der Waals surface area contributed by atoms with Crippen LogP contribution in [-0.2, 0) is 19.1 Å². The number of carboxylic acid groups (broad SMARTS) is 1. The number of ether oxygens (including phenoxy) is 1. The highest BCUT2D eigenvalue weighted by molar-refractivity contribution is 6.01. The lowest BCUT2D eigenvalue weighted by atomic mass is 9.33. The number of nitrogens with zero attached hydrogens (tertiary/aromatic N) is 1. The topological polar surface area (TPSA) is 155 Å². The van der Waals surface area contributed by atoms with E-state index in [9.17, 15) is 29.4 Å². The molecule has 0 spiro atoms. The largest absolute Gasteiger partial charge is 0.481 e. The number of rotatable bonds is 11. The van der Waals surface area contributed by atoms with Crippen molar-refractivity contribution in [3.63, 3.8) is 0 Å². The third-order valence-electron chi connectivity index (χ3n) is 18.7. The molecular formula is C50H75N3O7. The lowest BCUT2D eigenvalue weighted by molar-refractivity contribution is -0.238. The highest BCUT2D eigenvalue weighted by Gasteiger charge is 2.71. The predicted octanol–water partition coefficient (Wildman–Crippen LogP) is 8.49. The van der Waals surface area contributed by atoms with E-state index in [-0.39, 0.29) is 57.3 Å². The van der Waals surface area contributed by atoms with Crippen molar-refractivity contribution in [2.45, 2.75) is 165 Å². The van der Waals surface area contributed by atoms with Gasteiger partial charge in [-0.1, -0.05) is 74.0 Å². The van der Waals surface area contributed by atoms with Crippen LogP contribution in [0.25, 0.3) is 0 Å². The van der Waals surface area contributed by atoms with Gasteiger partial charge in [-0.3, -0.25) is 24.2 Å². The van der Waals surface area contributed by atoms with E-state index in [1.165, 1.54) is 5.57 Å². The minimum absolute atomic E-state index is 0.0210. The number of pyridine rings is 1. The SMILES string of the molecule is Cc1ccc(C(=O)NC(C)(C)CNC[C@H](O)[C@@]23CC[C@]4(C)[C@H](CC[C@@H]5[C@@]6(C)CC[C@H](OC(=O)[C@H]7C[C@@H](C(=O)O)C7(C)C)C(C)(C)[C@@H]6CC[C@]54C)C2=C(C(C)C)C(=O)C3)nc1. The van der Waals surface area contributed by atoms with Crippen LogP contribution in [0.15, 0.2) is 29.5 Å². The van der Waals surface area contributed by atoms with E-state index >= 15 is 0 Å². The molecule has 1 aromatic heterocycles. The molecule has 4 N–H and O–H groups in total. The molecule has 10 nitrogen and oxygen atoms in total. The van der Waals surface area contributed by atoms with Crippen LogP contribution in [0.1, 0.15) is 156 Å². The van der Waals surface area contributed by atoms with E-state index in [1.807, 2.05) is 40.7 Å². The van der Waals surface area contributed by atoms with Crippen LogP contribution in [-0.4, -0.2) is 69.7 Å². The number of aliphatic hydroxyl groups excluding tert-OH is 1. The van der Waals surface area contributed by atoms with E-state index in [1.54, 1.807) is 12.3 Å². The maximum Gasteiger partial charge on any atom is 0.309 e. The second-order valence-electron chi connectivity index (χ2n) is 23.3. The maximum atomic E-state index is 14.2. The van der Waals surface area contributed by atoms with Gasteiger partial charge in [0.25, 0.3) is 5.91 Å².